The van der Waals surface area contributed by atoms with Crippen LogP contribution in [-0.4, -0.2) is 35.7 Å². The number of ether oxygens (including phenoxy) is 2. The molecule has 2 aromatic rings. The number of nitrogens with one attached hydrogen (secondary N) is 2. The lowest BCUT2D eigenvalue weighted by molar-refractivity contribution is -0.128. The summed E-state index contributed by atoms with van der Waals surface area (Å²) in [5.74, 6) is 0.888. The van der Waals surface area contributed by atoms with Crippen LogP contribution in [0.5, 0.6) is 11.5 Å². The van der Waals surface area contributed by atoms with Crippen LogP contribution in [-0.2, 0) is 22.6 Å². The Kier molecular flexibility index (Phi) is 5.38. The fourth-order valence-electron chi connectivity index (χ4n) is 3.19. The zero-order valence-electron chi connectivity index (χ0n) is 14.9. The van der Waals surface area contributed by atoms with E-state index in [0.717, 1.165) is 5.56 Å². The molecule has 0 bridgehead atoms. The van der Waals surface area contributed by atoms with Crippen LogP contribution in [0.25, 0.3) is 0 Å². The largest absolute Gasteiger partial charge is 0.454 e. The summed E-state index contributed by atoms with van der Waals surface area (Å²) in [4.78, 5) is 24.8. The number of hydrogen-bond donors (Lipinski definition) is 2. The molecule has 2 N–H and O–H groups in total. The minimum atomic E-state index is -0.622. The number of fused-ring (bicyclic) bond motifs is 1. The second kappa shape index (κ2) is 8.10. The molecule has 2 aliphatic rings. The van der Waals surface area contributed by atoms with Crippen molar-refractivity contribution in [3.63, 3.8) is 0 Å². The van der Waals surface area contributed by atoms with Crippen LogP contribution in [0.1, 0.15) is 11.1 Å². The molecule has 8 heteroatoms. The third kappa shape index (κ3) is 3.91. The number of para-hydroxylation sites is 1. The Morgan fingerprint density at radius 3 is 2.82 bits per heavy atom. The normalized spacial score (nSPS) is 20.5. The van der Waals surface area contributed by atoms with Gasteiger partial charge >= 0.3 is 0 Å². The van der Waals surface area contributed by atoms with Crippen molar-refractivity contribution in [3.05, 3.63) is 59.4 Å². The maximum atomic E-state index is 13.8. The van der Waals surface area contributed by atoms with E-state index in [4.69, 9.17) is 9.47 Å². The first kappa shape index (κ1) is 18.6. The van der Waals surface area contributed by atoms with Crippen LogP contribution in [0.4, 0.5) is 4.39 Å². The van der Waals surface area contributed by atoms with E-state index in [1.54, 1.807) is 24.3 Å². The molecule has 4 rings (SSSR count). The van der Waals surface area contributed by atoms with E-state index < -0.39 is 11.3 Å². The van der Waals surface area contributed by atoms with E-state index >= 15 is 0 Å². The third-order valence-electron chi connectivity index (χ3n) is 4.68. The van der Waals surface area contributed by atoms with Crippen molar-refractivity contribution in [1.82, 2.24) is 10.6 Å². The SMILES string of the molecule is O=C(NCc1cccc2c1OCO2)[C@@H]1CS[C@H](Cc2ccccc2F)C(=O)N1. The number of rotatable bonds is 5. The number of amides is 2. The molecule has 6 nitrogen and oxygen atoms in total. The molecule has 2 aromatic carbocycles. The Morgan fingerprint density at radius 2 is 2.00 bits per heavy atom. The van der Waals surface area contributed by atoms with Gasteiger partial charge in [-0.3, -0.25) is 9.59 Å². The smallest absolute Gasteiger partial charge is 0.243 e. The first-order valence-corrected chi connectivity index (χ1v) is 9.97. The molecular weight excluding hydrogens is 383 g/mol. The topological polar surface area (TPSA) is 76.7 Å². The summed E-state index contributed by atoms with van der Waals surface area (Å²) >= 11 is 1.37. The van der Waals surface area contributed by atoms with Gasteiger partial charge in [0, 0.05) is 17.9 Å². The van der Waals surface area contributed by atoms with Gasteiger partial charge in [0.25, 0.3) is 0 Å². The highest BCUT2D eigenvalue weighted by molar-refractivity contribution is 8.00. The number of benzene rings is 2. The predicted molar refractivity (Wildman–Crippen MR) is 103 cm³/mol. The first-order valence-electron chi connectivity index (χ1n) is 8.92. The van der Waals surface area contributed by atoms with Gasteiger partial charge in [-0.25, -0.2) is 4.39 Å². The minimum Gasteiger partial charge on any atom is -0.454 e. The quantitative estimate of drug-likeness (QED) is 0.800. The number of hydrogen-bond acceptors (Lipinski definition) is 5. The number of halogens is 1. The minimum absolute atomic E-state index is 0.166. The van der Waals surface area contributed by atoms with Crippen molar-refractivity contribution < 1.29 is 23.5 Å². The average Bonchev–Trinajstić information content (AvgIpc) is 3.18. The van der Waals surface area contributed by atoms with Crippen LogP contribution < -0.4 is 20.1 Å². The number of carbonyl (C=O) groups is 2. The van der Waals surface area contributed by atoms with Gasteiger partial charge in [0.2, 0.25) is 18.6 Å². The van der Waals surface area contributed by atoms with Crippen molar-refractivity contribution in [3.8, 4) is 11.5 Å². The lowest BCUT2D eigenvalue weighted by Gasteiger charge is -2.28. The summed E-state index contributed by atoms with van der Waals surface area (Å²) in [6, 6.07) is 11.3. The summed E-state index contributed by atoms with van der Waals surface area (Å²) in [5, 5.41) is 5.16. The maximum Gasteiger partial charge on any atom is 0.243 e. The van der Waals surface area contributed by atoms with E-state index in [0.29, 0.717) is 29.2 Å². The van der Waals surface area contributed by atoms with Gasteiger partial charge in [-0.05, 0) is 24.1 Å². The lowest BCUT2D eigenvalue weighted by atomic mass is 10.1. The van der Waals surface area contributed by atoms with Gasteiger partial charge in [0.05, 0.1) is 5.25 Å². The molecule has 0 aliphatic carbocycles. The van der Waals surface area contributed by atoms with Crippen LogP contribution in [0.3, 0.4) is 0 Å². The van der Waals surface area contributed by atoms with Gasteiger partial charge in [-0.15, -0.1) is 11.8 Å². The van der Waals surface area contributed by atoms with E-state index in [1.165, 1.54) is 17.8 Å². The van der Waals surface area contributed by atoms with Gasteiger partial charge in [-0.2, -0.15) is 0 Å². The standard InChI is InChI=1S/C20H19FN2O4S/c21-14-6-2-1-4-12(14)8-17-20(25)23-15(10-28-17)19(24)22-9-13-5-3-7-16-18(13)27-11-26-16/h1-7,15,17H,8-11H2,(H,22,24)(H,23,25)/t15-,17+/m0/s1. The Hall–Kier alpha value is -2.74. The second-order valence-corrected chi connectivity index (χ2v) is 7.78. The highest BCUT2D eigenvalue weighted by Gasteiger charge is 2.32. The van der Waals surface area contributed by atoms with Crippen molar-refractivity contribution >= 4 is 23.6 Å². The second-order valence-electron chi connectivity index (χ2n) is 6.55. The van der Waals surface area contributed by atoms with Crippen LogP contribution in [0, 0.1) is 5.82 Å². The molecule has 2 aliphatic heterocycles. The molecular formula is C20H19FN2O4S. The Morgan fingerprint density at radius 1 is 1.18 bits per heavy atom. The lowest BCUT2D eigenvalue weighted by Crippen LogP contribution is -2.54. The summed E-state index contributed by atoms with van der Waals surface area (Å²) in [6.07, 6.45) is 0.297. The molecule has 1 fully saturated rings. The van der Waals surface area contributed by atoms with E-state index in [9.17, 15) is 14.0 Å². The van der Waals surface area contributed by atoms with Crippen LogP contribution in [0.15, 0.2) is 42.5 Å². The first-order chi connectivity index (χ1) is 13.6. The molecule has 0 radical (unpaired) electrons. The Bertz CT molecular complexity index is 908. The Labute approximate surface area is 165 Å². The molecule has 2 amide bonds. The molecule has 0 unspecified atom stereocenters. The van der Waals surface area contributed by atoms with Gasteiger partial charge in [0.15, 0.2) is 11.5 Å². The molecule has 146 valence electrons. The van der Waals surface area contributed by atoms with Crippen LogP contribution >= 0.6 is 11.8 Å². The van der Waals surface area contributed by atoms with E-state index in [-0.39, 0.29) is 31.0 Å². The van der Waals surface area contributed by atoms with Crippen molar-refractivity contribution in [2.24, 2.45) is 0 Å². The summed E-state index contributed by atoms with van der Waals surface area (Å²) in [6.45, 7) is 0.445. The van der Waals surface area contributed by atoms with Crippen molar-refractivity contribution in [2.75, 3.05) is 12.5 Å². The molecule has 0 spiro atoms. The zero-order chi connectivity index (χ0) is 19.5. The van der Waals surface area contributed by atoms with Gasteiger partial charge in [-0.1, -0.05) is 30.3 Å². The third-order valence-corrected chi connectivity index (χ3v) is 5.99. The highest BCUT2D eigenvalue weighted by Crippen LogP contribution is 2.35. The Balaban J connectivity index is 1.32. The predicted octanol–water partition coefficient (Wildman–Crippen LogP) is 2.01. The molecule has 1 saturated heterocycles. The highest BCUT2D eigenvalue weighted by atomic mass is 32.2. The summed E-state index contributed by atoms with van der Waals surface area (Å²) in [7, 11) is 0. The van der Waals surface area contributed by atoms with Crippen molar-refractivity contribution in [2.45, 2.75) is 24.3 Å². The molecule has 0 aromatic heterocycles. The molecule has 2 atom stereocenters. The van der Waals surface area contributed by atoms with Gasteiger partial charge < -0.3 is 20.1 Å². The zero-order valence-corrected chi connectivity index (χ0v) is 15.8. The fourth-order valence-corrected chi connectivity index (χ4v) is 4.36. The van der Waals surface area contributed by atoms with Crippen molar-refractivity contribution in [1.29, 1.82) is 0 Å². The monoisotopic (exact) mass is 402 g/mol. The summed E-state index contributed by atoms with van der Waals surface area (Å²) in [5.41, 5.74) is 1.31. The fraction of sp³-hybridized carbons (Fsp3) is 0.300. The number of carbonyl (C=O) groups excluding carboxylic acids is 2. The molecule has 0 saturated carbocycles. The van der Waals surface area contributed by atoms with Crippen LogP contribution in [0.2, 0.25) is 0 Å². The molecule has 2 heterocycles. The number of thioether (sulfide) groups is 1. The van der Waals surface area contributed by atoms with E-state index in [2.05, 4.69) is 10.6 Å². The summed E-state index contributed by atoms with van der Waals surface area (Å²) < 4.78 is 24.6. The van der Waals surface area contributed by atoms with Gasteiger partial charge in [0.1, 0.15) is 11.9 Å². The maximum absolute atomic E-state index is 13.8. The van der Waals surface area contributed by atoms with E-state index in [1.807, 2.05) is 12.1 Å². The molecule has 28 heavy (non-hydrogen) atoms. The average molecular weight is 402 g/mol.